The zero-order valence-corrected chi connectivity index (χ0v) is 13.6. The zero-order valence-electron chi connectivity index (χ0n) is 12.8. The topological polar surface area (TPSA) is 78.5 Å². The van der Waals surface area contributed by atoms with Crippen LogP contribution in [0.25, 0.3) is 0 Å². The Bertz CT molecular complexity index is 583. The molecular formula is C15H23N3O3S. The fourth-order valence-electron chi connectivity index (χ4n) is 2.41. The van der Waals surface area contributed by atoms with Crippen molar-refractivity contribution in [3.05, 3.63) is 35.9 Å². The van der Waals surface area contributed by atoms with E-state index in [-0.39, 0.29) is 24.1 Å². The van der Waals surface area contributed by atoms with Gasteiger partial charge < -0.3 is 10.6 Å². The first-order valence-corrected chi connectivity index (χ1v) is 9.13. The maximum atomic E-state index is 12.2. The lowest BCUT2D eigenvalue weighted by Crippen LogP contribution is -2.47. The monoisotopic (exact) mass is 325 g/mol. The highest BCUT2D eigenvalue weighted by Gasteiger charge is 2.24. The number of hydrogen-bond donors (Lipinski definition) is 2. The minimum atomic E-state index is -3.35. The van der Waals surface area contributed by atoms with Crippen molar-refractivity contribution < 1.29 is 13.2 Å². The van der Waals surface area contributed by atoms with Crippen LogP contribution in [0, 0.1) is 0 Å². The molecule has 6 nitrogen and oxygen atoms in total. The number of carbonyl (C=O) groups excluding carboxylic acids is 1. The zero-order chi connectivity index (χ0) is 16.0. The van der Waals surface area contributed by atoms with Crippen LogP contribution >= 0.6 is 0 Å². The van der Waals surface area contributed by atoms with E-state index in [1.807, 2.05) is 37.3 Å². The van der Waals surface area contributed by atoms with Gasteiger partial charge in [0.1, 0.15) is 0 Å². The van der Waals surface area contributed by atoms with Crippen molar-refractivity contribution in [3.8, 4) is 0 Å². The molecule has 0 aliphatic carbocycles. The molecule has 122 valence electrons. The first-order chi connectivity index (χ1) is 10.5. The second-order valence-electron chi connectivity index (χ2n) is 5.41. The summed E-state index contributed by atoms with van der Waals surface area (Å²) >= 11 is 0. The van der Waals surface area contributed by atoms with Crippen LogP contribution in [0.2, 0.25) is 0 Å². The average molecular weight is 325 g/mol. The van der Waals surface area contributed by atoms with Gasteiger partial charge >= 0.3 is 0 Å². The summed E-state index contributed by atoms with van der Waals surface area (Å²) in [7, 11) is -3.35. The Hall–Kier alpha value is -1.44. The first kappa shape index (κ1) is 16.9. The smallest absolute Gasteiger partial charge is 0.221 e. The van der Waals surface area contributed by atoms with Crippen LogP contribution < -0.4 is 10.6 Å². The molecule has 0 aromatic heterocycles. The molecule has 0 bridgehead atoms. The summed E-state index contributed by atoms with van der Waals surface area (Å²) in [5.74, 6) is -0.379. The number of nitrogens with one attached hydrogen (secondary N) is 2. The van der Waals surface area contributed by atoms with Gasteiger partial charge in [0.15, 0.2) is 0 Å². The predicted molar refractivity (Wildman–Crippen MR) is 85.8 cm³/mol. The Labute approximate surface area is 131 Å². The molecule has 2 rings (SSSR count). The third-order valence-electron chi connectivity index (χ3n) is 3.73. The van der Waals surface area contributed by atoms with Gasteiger partial charge in [-0.1, -0.05) is 30.3 Å². The second kappa shape index (κ2) is 7.71. The maximum Gasteiger partial charge on any atom is 0.221 e. The molecule has 1 heterocycles. The van der Waals surface area contributed by atoms with Crippen molar-refractivity contribution in [2.24, 2.45) is 0 Å². The van der Waals surface area contributed by atoms with E-state index in [0.29, 0.717) is 26.2 Å². The van der Waals surface area contributed by atoms with E-state index in [1.54, 1.807) is 0 Å². The number of piperazine rings is 1. The van der Waals surface area contributed by atoms with Gasteiger partial charge in [0.2, 0.25) is 15.9 Å². The van der Waals surface area contributed by atoms with Crippen LogP contribution in [0.5, 0.6) is 0 Å². The van der Waals surface area contributed by atoms with Crippen molar-refractivity contribution in [1.29, 1.82) is 0 Å². The number of hydrogen-bond acceptors (Lipinski definition) is 4. The molecule has 1 fully saturated rings. The van der Waals surface area contributed by atoms with E-state index in [9.17, 15) is 13.2 Å². The minimum absolute atomic E-state index is 0.0105. The molecular weight excluding hydrogens is 302 g/mol. The molecule has 7 heteroatoms. The SMILES string of the molecule is CC(NC(=O)CCS(=O)(=O)N1CCNCC1)c1ccccc1. The number of rotatable bonds is 6. The summed E-state index contributed by atoms with van der Waals surface area (Å²) in [6, 6.07) is 9.47. The van der Waals surface area contributed by atoms with Gasteiger partial charge in [0.05, 0.1) is 11.8 Å². The van der Waals surface area contributed by atoms with Crippen LogP contribution in [-0.2, 0) is 14.8 Å². The van der Waals surface area contributed by atoms with Crippen molar-refractivity contribution in [1.82, 2.24) is 14.9 Å². The number of amides is 1. The Morgan fingerprint density at radius 3 is 2.55 bits per heavy atom. The lowest BCUT2D eigenvalue weighted by Gasteiger charge is -2.26. The number of benzene rings is 1. The Morgan fingerprint density at radius 1 is 1.27 bits per heavy atom. The summed E-state index contributed by atoms with van der Waals surface area (Å²) < 4.78 is 25.8. The highest BCUT2D eigenvalue weighted by molar-refractivity contribution is 7.89. The molecule has 22 heavy (non-hydrogen) atoms. The molecule has 1 aromatic carbocycles. The van der Waals surface area contributed by atoms with Crippen LogP contribution in [0.3, 0.4) is 0 Å². The molecule has 1 aliphatic rings. The number of sulfonamides is 1. The summed E-state index contributed by atoms with van der Waals surface area (Å²) in [5, 5.41) is 5.95. The van der Waals surface area contributed by atoms with E-state index >= 15 is 0 Å². The van der Waals surface area contributed by atoms with E-state index < -0.39 is 10.0 Å². The average Bonchev–Trinajstić information content (AvgIpc) is 2.55. The first-order valence-electron chi connectivity index (χ1n) is 7.52. The van der Waals surface area contributed by atoms with Gasteiger partial charge in [-0.05, 0) is 12.5 Å². The van der Waals surface area contributed by atoms with E-state index in [4.69, 9.17) is 0 Å². The number of carbonyl (C=O) groups is 1. The Balaban J connectivity index is 1.82. The second-order valence-corrected chi connectivity index (χ2v) is 7.50. The normalized spacial score (nSPS) is 17.9. The van der Waals surface area contributed by atoms with Crippen LogP contribution in [-0.4, -0.2) is 50.6 Å². The van der Waals surface area contributed by atoms with Gasteiger partial charge in [-0.3, -0.25) is 4.79 Å². The van der Waals surface area contributed by atoms with Gasteiger partial charge in [-0.2, -0.15) is 4.31 Å². The molecule has 1 aliphatic heterocycles. The quantitative estimate of drug-likeness (QED) is 0.798. The summed E-state index contributed by atoms with van der Waals surface area (Å²) in [6.45, 7) is 4.17. The molecule has 1 saturated heterocycles. The summed E-state index contributed by atoms with van der Waals surface area (Å²) in [6.07, 6.45) is -0.0105. The molecule has 0 saturated carbocycles. The van der Waals surface area contributed by atoms with Crippen molar-refractivity contribution in [2.45, 2.75) is 19.4 Å². The third-order valence-corrected chi connectivity index (χ3v) is 5.61. The molecule has 1 atom stereocenters. The molecule has 0 radical (unpaired) electrons. The van der Waals surface area contributed by atoms with E-state index in [1.165, 1.54) is 4.31 Å². The van der Waals surface area contributed by atoms with Gasteiger partial charge in [0.25, 0.3) is 0 Å². The van der Waals surface area contributed by atoms with Crippen molar-refractivity contribution in [2.75, 3.05) is 31.9 Å². The summed E-state index contributed by atoms with van der Waals surface area (Å²) in [4.78, 5) is 11.9. The molecule has 1 unspecified atom stereocenters. The van der Waals surface area contributed by atoms with E-state index in [2.05, 4.69) is 10.6 Å². The lowest BCUT2D eigenvalue weighted by atomic mass is 10.1. The number of nitrogens with zero attached hydrogens (tertiary/aromatic N) is 1. The predicted octanol–water partition coefficient (Wildman–Crippen LogP) is 0.489. The third kappa shape index (κ3) is 4.79. The standard InChI is InChI=1S/C15H23N3O3S/c1-13(14-5-3-2-4-6-14)17-15(19)7-12-22(20,21)18-10-8-16-9-11-18/h2-6,13,16H,7-12H2,1H3,(H,17,19). The van der Waals surface area contributed by atoms with Crippen molar-refractivity contribution in [3.63, 3.8) is 0 Å². The van der Waals surface area contributed by atoms with Gasteiger partial charge in [-0.25, -0.2) is 8.42 Å². The summed E-state index contributed by atoms with van der Waals surface area (Å²) in [5.41, 5.74) is 1.00. The fraction of sp³-hybridized carbons (Fsp3) is 0.533. The van der Waals surface area contributed by atoms with Crippen molar-refractivity contribution >= 4 is 15.9 Å². The van der Waals surface area contributed by atoms with Gasteiger partial charge in [-0.15, -0.1) is 0 Å². The molecule has 1 aromatic rings. The Morgan fingerprint density at radius 2 is 1.91 bits per heavy atom. The van der Waals surface area contributed by atoms with Crippen LogP contribution in [0.1, 0.15) is 24.9 Å². The highest BCUT2D eigenvalue weighted by Crippen LogP contribution is 2.11. The highest BCUT2D eigenvalue weighted by atomic mass is 32.2. The maximum absolute atomic E-state index is 12.2. The van der Waals surface area contributed by atoms with Crippen LogP contribution in [0.15, 0.2) is 30.3 Å². The molecule has 0 spiro atoms. The molecule has 1 amide bonds. The largest absolute Gasteiger partial charge is 0.350 e. The fourth-order valence-corrected chi connectivity index (χ4v) is 3.85. The lowest BCUT2D eigenvalue weighted by molar-refractivity contribution is -0.121. The minimum Gasteiger partial charge on any atom is -0.350 e. The van der Waals surface area contributed by atoms with Crippen LogP contribution in [0.4, 0.5) is 0 Å². The molecule has 2 N–H and O–H groups in total. The van der Waals surface area contributed by atoms with Gasteiger partial charge in [0, 0.05) is 32.6 Å². The van der Waals surface area contributed by atoms with E-state index in [0.717, 1.165) is 5.56 Å². The Kier molecular flexibility index (Phi) is 5.93.